The van der Waals surface area contributed by atoms with E-state index in [9.17, 15) is 14.7 Å². The van der Waals surface area contributed by atoms with Crippen LogP contribution >= 0.6 is 0 Å². The van der Waals surface area contributed by atoms with Gasteiger partial charge in [0.15, 0.2) is 0 Å². The molecule has 8 nitrogen and oxygen atoms in total. The van der Waals surface area contributed by atoms with E-state index in [1.165, 1.54) is 0 Å². The predicted molar refractivity (Wildman–Crippen MR) is 109 cm³/mol. The van der Waals surface area contributed by atoms with Crippen LogP contribution in [0, 0.1) is 6.92 Å². The molecule has 0 bridgehead atoms. The van der Waals surface area contributed by atoms with Gasteiger partial charge in [-0.15, -0.1) is 0 Å². The minimum atomic E-state index is -0.650. The number of aromatic amines is 1. The third-order valence-electron chi connectivity index (χ3n) is 6.01. The van der Waals surface area contributed by atoms with Gasteiger partial charge in [0, 0.05) is 25.6 Å². The Hall–Kier alpha value is -2.45. The summed E-state index contributed by atoms with van der Waals surface area (Å²) in [5.41, 5.74) is 2.99. The van der Waals surface area contributed by atoms with E-state index in [4.69, 9.17) is 0 Å². The lowest BCUT2D eigenvalue weighted by atomic mass is 9.86. The number of carbonyl (C=O) groups is 2. The minimum Gasteiger partial charge on any atom is -0.389 e. The number of aliphatic hydroxyl groups is 1. The number of fused-ring (bicyclic) bond motifs is 1. The van der Waals surface area contributed by atoms with E-state index in [0.717, 1.165) is 48.2 Å². The molecule has 1 aliphatic carbocycles. The number of aliphatic hydroxyl groups excluding tert-OH is 1. The van der Waals surface area contributed by atoms with Crippen molar-refractivity contribution < 1.29 is 14.7 Å². The van der Waals surface area contributed by atoms with Crippen LogP contribution in [0.5, 0.6) is 0 Å². The summed E-state index contributed by atoms with van der Waals surface area (Å²) in [6.07, 6.45) is 2.91. The van der Waals surface area contributed by atoms with Crippen LogP contribution in [0.1, 0.15) is 37.1 Å². The molecule has 4 N–H and O–H groups in total. The molecule has 2 fully saturated rings. The number of rotatable bonds is 5. The zero-order valence-corrected chi connectivity index (χ0v) is 16.8. The number of H-pyrrole nitrogens is 1. The van der Waals surface area contributed by atoms with E-state index in [-0.39, 0.29) is 23.9 Å². The largest absolute Gasteiger partial charge is 0.389 e. The molecule has 2 amide bonds. The second kappa shape index (κ2) is 8.51. The first-order chi connectivity index (χ1) is 14.0. The van der Waals surface area contributed by atoms with Crippen LogP contribution in [-0.4, -0.2) is 69.6 Å². The molecule has 0 unspecified atom stereocenters. The van der Waals surface area contributed by atoms with Crippen LogP contribution in [-0.2, 0) is 16.0 Å². The van der Waals surface area contributed by atoms with Crippen LogP contribution in [0.2, 0.25) is 0 Å². The summed E-state index contributed by atoms with van der Waals surface area (Å²) < 4.78 is 0. The lowest BCUT2D eigenvalue weighted by Crippen LogP contribution is -2.60. The lowest BCUT2D eigenvalue weighted by molar-refractivity contribution is -0.128. The minimum absolute atomic E-state index is 0.000890. The van der Waals surface area contributed by atoms with Gasteiger partial charge in [0.05, 0.1) is 29.7 Å². The SMILES string of the molecule is Cc1nc2ccc(CCC(=O)N[C@@H]3CCC[C@@H](N4CCNC(=O)C4)[C@@H]3O)cc2[nH]1. The monoisotopic (exact) mass is 399 g/mol. The highest BCUT2D eigenvalue weighted by Gasteiger charge is 2.37. The number of amides is 2. The molecule has 1 aliphatic heterocycles. The summed E-state index contributed by atoms with van der Waals surface area (Å²) in [6.45, 7) is 3.59. The molecule has 29 heavy (non-hydrogen) atoms. The van der Waals surface area contributed by atoms with Crippen molar-refractivity contribution >= 4 is 22.8 Å². The first-order valence-electron chi connectivity index (χ1n) is 10.4. The number of nitrogens with zero attached hydrogens (tertiary/aromatic N) is 2. The zero-order chi connectivity index (χ0) is 20.4. The van der Waals surface area contributed by atoms with Gasteiger partial charge in [-0.1, -0.05) is 6.07 Å². The lowest BCUT2D eigenvalue weighted by Gasteiger charge is -2.42. The number of carbonyl (C=O) groups excluding carboxylic acids is 2. The average molecular weight is 399 g/mol. The molecule has 2 aliphatic rings. The van der Waals surface area contributed by atoms with Crippen molar-refractivity contribution in [2.75, 3.05) is 19.6 Å². The molecule has 0 radical (unpaired) electrons. The van der Waals surface area contributed by atoms with Crippen LogP contribution in [0.3, 0.4) is 0 Å². The fourth-order valence-electron chi connectivity index (χ4n) is 4.53. The quantitative estimate of drug-likeness (QED) is 0.590. The third-order valence-corrected chi connectivity index (χ3v) is 6.01. The normalized spacial score (nSPS) is 25.7. The molecule has 8 heteroatoms. The fraction of sp³-hybridized carbons (Fsp3) is 0.571. The molecule has 1 saturated heterocycles. The van der Waals surface area contributed by atoms with Crippen LogP contribution < -0.4 is 10.6 Å². The van der Waals surface area contributed by atoms with E-state index < -0.39 is 6.10 Å². The summed E-state index contributed by atoms with van der Waals surface area (Å²) in [6, 6.07) is 5.67. The van der Waals surface area contributed by atoms with Crippen molar-refractivity contribution in [1.29, 1.82) is 0 Å². The highest BCUT2D eigenvalue weighted by Crippen LogP contribution is 2.24. The highest BCUT2D eigenvalue weighted by molar-refractivity contribution is 5.79. The number of benzene rings is 1. The number of imidazole rings is 1. The Bertz CT molecular complexity index is 896. The van der Waals surface area contributed by atoms with Crippen LogP contribution in [0.15, 0.2) is 18.2 Å². The summed E-state index contributed by atoms with van der Waals surface area (Å²) in [7, 11) is 0. The fourth-order valence-corrected chi connectivity index (χ4v) is 4.53. The first-order valence-corrected chi connectivity index (χ1v) is 10.4. The standard InChI is InChI=1S/C21H29N5O3/c1-13-23-15-7-5-14(11-17(15)24-13)6-8-19(27)25-16-3-2-4-18(21(16)29)26-10-9-22-20(28)12-26/h5,7,11,16,18,21,29H,2-4,6,8-10,12H2,1H3,(H,22,28)(H,23,24)(H,25,27)/t16-,18-,21-/m1/s1. The van der Waals surface area contributed by atoms with E-state index >= 15 is 0 Å². The van der Waals surface area contributed by atoms with Gasteiger partial charge in [-0.3, -0.25) is 14.5 Å². The molecular formula is C21H29N5O3. The molecule has 0 spiro atoms. The maximum Gasteiger partial charge on any atom is 0.234 e. The number of aromatic nitrogens is 2. The Morgan fingerprint density at radius 1 is 1.38 bits per heavy atom. The van der Waals surface area contributed by atoms with E-state index in [1.807, 2.05) is 30.0 Å². The Labute approximate surface area is 170 Å². The van der Waals surface area contributed by atoms with Gasteiger partial charge in [-0.2, -0.15) is 0 Å². The second-order valence-corrected chi connectivity index (χ2v) is 8.16. The topological polar surface area (TPSA) is 110 Å². The summed E-state index contributed by atoms with van der Waals surface area (Å²) in [5.74, 6) is 0.827. The summed E-state index contributed by atoms with van der Waals surface area (Å²) in [5, 5.41) is 16.7. The van der Waals surface area contributed by atoms with Gasteiger partial charge in [-0.25, -0.2) is 4.98 Å². The first kappa shape index (κ1) is 19.8. The van der Waals surface area contributed by atoms with Gasteiger partial charge in [0.25, 0.3) is 0 Å². The third kappa shape index (κ3) is 4.59. The average Bonchev–Trinajstić information content (AvgIpc) is 3.07. The van der Waals surface area contributed by atoms with Crippen molar-refractivity contribution in [3.63, 3.8) is 0 Å². The Morgan fingerprint density at radius 3 is 3.07 bits per heavy atom. The van der Waals surface area contributed by atoms with Crippen LogP contribution in [0.4, 0.5) is 0 Å². The molecule has 3 atom stereocenters. The number of aryl methyl sites for hydroxylation is 2. The second-order valence-electron chi connectivity index (χ2n) is 8.16. The summed E-state index contributed by atoms with van der Waals surface area (Å²) in [4.78, 5) is 33.8. The summed E-state index contributed by atoms with van der Waals surface area (Å²) >= 11 is 0. The van der Waals surface area contributed by atoms with E-state index in [1.54, 1.807) is 0 Å². The van der Waals surface area contributed by atoms with Gasteiger partial charge in [0.1, 0.15) is 5.82 Å². The maximum absolute atomic E-state index is 12.5. The number of hydrogen-bond donors (Lipinski definition) is 4. The molecule has 2 heterocycles. The Kier molecular flexibility index (Phi) is 5.82. The number of hydrogen-bond acceptors (Lipinski definition) is 5. The maximum atomic E-state index is 12.5. The molecule has 156 valence electrons. The van der Waals surface area contributed by atoms with Crippen molar-refractivity contribution in [2.45, 2.75) is 57.2 Å². The zero-order valence-electron chi connectivity index (χ0n) is 16.8. The van der Waals surface area contributed by atoms with Crippen molar-refractivity contribution in [1.82, 2.24) is 25.5 Å². The van der Waals surface area contributed by atoms with Crippen molar-refractivity contribution in [3.8, 4) is 0 Å². The van der Waals surface area contributed by atoms with Gasteiger partial charge in [0.2, 0.25) is 11.8 Å². The van der Waals surface area contributed by atoms with Crippen molar-refractivity contribution in [2.24, 2.45) is 0 Å². The Morgan fingerprint density at radius 2 is 2.24 bits per heavy atom. The van der Waals surface area contributed by atoms with Crippen molar-refractivity contribution in [3.05, 3.63) is 29.6 Å². The van der Waals surface area contributed by atoms with Gasteiger partial charge in [-0.05, 0) is 50.3 Å². The van der Waals surface area contributed by atoms with Crippen LogP contribution in [0.25, 0.3) is 11.0 Å². The number of piperazine rings is 1. The molecule has 4 rings (SSSR count). The van der Waals surface area contributed by atoms with E-state index in [0.29, 0.717) is 25.9 Å². The predicted octanol–water partition coefficient (Wildman–Crippen LogP) is 0.634. The molecular weight excluding hydrogens is 370 g/mol. The molecule has 1 aromatic carbocycles. The van der Waals surface area contributed by atoms with E-state index in [2.05, 4.69) is 20.6 Å². The highest BCUT2D eigenvalue weighted by atomic mass is 16.3. The molecule has 1 saturated carbocycles. The molecule has 1 aromatic heterocycles. The smallest absolute Gasteiger partial charge is 0.234 e. The van der Waals surface area contributed by atoms with Gasteiger partial charge < -0.3 is 20.7 Å². The molecule has 2 aromatic rings. The number of nitrogens with one attached hydrogen (secondary N) is 3. The van der Waals surface area contributed by atoms with Gasteiger partial charge >= 0.3 is 0 Å². The Balaban J connectivity index is 1.31.